The van der Waals surface area contributed by atoms with Crippen molar-refractivity contribution in [1.82, 2.24) is 5.32 Å². The molecule has 0 aromatic heterocycles. The number of halogens is 1. The quantitative estimate of drug-likeness (QED) is 0.729. The number of hydrogen-bond acceptors (Lipinski definition) is 2. The molecule has 5 heteroatoms. The van der Waals surface area contributed by atoms with Crippen LogP contribution in [0.25, 0.3) is 0 Å². The van der Waals surface area contributed by atoms with Crippen LogP contribution in [0, 0.1) is 0 Å². The molecular weight excluding hydrogens is 216 g/mol. The molecule has 0 bridgehead atoms. The summed E-state index contributed by atoms with van der Waals surface area (Å²) in [6.45, 7) is 0.307. The predicted octanol–water partition coefficient (Wildman–Crippen LogP) is 1.25. The van der Waals surface area contributed by atoms with Crippen molar-refractivity contribution in [3.63, 3.8) is 0 Å². The van der Waals surface area contributed by atoms with Crippen LogP contribution in [0.5, 0.6) is 0 Å². The molecule has 1 rings (SSSR count). The Bertz CT molecular complexity index is 293. The maximum atomic E-state index is 10.4. The number of rotatable bonds is 4. The summed E-state index contributed by atoms with van der Waals surface area (Å²) in [5.41, 5.74) is 6.52. The van der Waals surface area contributed by atoms with Crippen LogP contribution in [0.2, 0.25) is 0 Å². The van der Waals surface area contributed by atoms with E-state index in [4.69, 9.17) is 10.8 Å². The van der Waals surface area contributed by atoms with Crippen molar-refractivity contribution < 1.29 is 9.90 Å². The fourth-order valence-corrected chi connectivity index (χ4v) is 1.27. The summed E-state index contributed by atoms with van der Waals surface area (Å²) in [5.74, 6) is 0. The summed E-state index contributed by atoms with van der Waals surface area (Å²) in [6.07, 6.45) is -0.403. The number of carbonyl (C=O) groups is 1. The molecule has 0 saturated carbocycles. The molecule has 1 amide bonds. The Hall–Kier alpha value is -1.26. The molecule has 1 atom stereocenters. The van der Waals surface area contributed by atoms with Crippen molar-refractivity contribution in [2.24, 2.45) is 5.73 Å². The molecule has 0 heterocycles. The van der Waals surface area contributed by atoms with Gasteiger partial charge in [-0.3, -0.25) is 0 Å². The van der Waals surface area contributed by atoms with Crippen LogP contribution in [0.15, 0.2) is 30.3 Å². The molecular formula is C10H15ClN2O2. The summed E-state index contributed by atoms with van der Waals surface area (Å²) in [6, 6.07) is 9.45. The highest BCUT2D eigenvalue weighted by Crippen LogP contribution is 2.02. The van der Waals surface area contributed by atoms with Crippen molar-refractivity contribution >= 4 is 18.5 Å². The molecule has 15 heavy (non-hydrogen) atoms. The van der Waals surface area contributed by atoms with Gasteiger partial charge in [-0.15, -0.1) is 12.4 Å². The minimum absolute atomic E-state index is 0. The molecule has 0 radical (unpaired) electrons. The lowest BCUT2D eigenvalue weighted by molar-refractivity contribution is 0.190. The molecule has 0 aliphatic carbocycles. The Balaban J connectivity index is 0.00000196. The molecule has 1 aromatic carbocycles. The number of nitrogens with one attached hydrogen (secondary N) is 1. The molecule has 1 unspecified atom stereocenters. The van der Waals surface area contributed by atoms with Crippen LogP contribution in [-0.2, 0) is 6.42 Å². The molecule has 1 aromatic rings. The van der Waals surface area contributed by atoms with Crippen molar-refractivity contribution in [2.75, 3.05) is 6.54 Å². The number of nitrogens with two attached hydrogens (primary N) is 1. The van der Waals surface area contributed by atoms with Crippen molar-refractivity contribution in [1.29, 1.82) is 0 Å². The van der Waals surface area contributed by atoms with E-state index in [0.29, 0.717) is 13.0 Å². The van der Waals surface area contributed by atoms with Crippen molar-refractivity contribution in [3.8, 4) is 0 Å². The molecule has 84 valence electrons. The van der Waals surface area contributed by atoms with E-state index >= 15 is 0 Å². The largest absolute Gasteiger partial charge is 0.465 e. The summed E-state index contributed by atoms with van der Waals surface area (Å²) in [5, 5.41) is 10.9. The zero-order chi connectivity index (χ0) is 10.4. The lowest BCUT2D eigenvalue weighted by Crippen LogP contribution is -2.40. The van der Waals surface area contributed by atoms with Crippen LogP contribution in [-0.4, -0.2) is 23.8 Å². The zero-order valence-corrected chi connectivity index (χ0v) is 9.04. The first kappa shape index (κ1) is 13.7. The monoisotopic (exact) mass is 230 g/mol. The zero-order valence-electron chi connectivity index (χ0n) is 8.22. The fraction of sp³-hybridized carbons (Fsp3) is 0.300. The Morgan fingerprint density at radius 3 is 2.47 bits per heavy atom. The van der Waals surface area contributed by atoms with Gasteiger partial charge in [0.1, 0.15) is 0 Å². The number of benzene rings is 1. The van der Waals surface area contributed by atoms with Gasteiger partial charge in [0.15, 0.2) is 0 Å². The first-order valence-electron chi connectivity index (χ1n) is 4.46. The van der Waals surface area contributed by atoms with Gasteiger partial charge in [0.25, 0.3) is 0 Å². The fourth-order valence-electron chi connectivity index (χ4n) is 1.27. The van der Waals surface area contributed by atoms with Gasteiger partial charge >= 0.3 is 6.09 Å². The third-order valence-corrected chi connectivity index (χ3v) is 1.94. The standard InChI is InChI=1S/C10H14N2O2.ClH/c11-7-9(12-10(13)14)6-8-4-2-1-3-5-8;/h1-5,9,12H,6-7,11H2,(H,13,14);1H. The molecule has 0 fully saturated rings. The van der Waals surface area contributed by atoms with Gasteiger partial charge in [-0.05, 0) is 12.0 Å². The molecule has 0 spiro atoms. The van der Waals surface area contributed by atoms with E-state index in [1.54, 1.807) is 0 Å². The SMILES string of the molecule is Cl.NCC(Cc1ccccc1)NC(=O)O. The van der Waals surface area contributed by atoms with E-state index in [-0.39, 0.29) is 18.4 Å². The molecule has 0 aliphatic rings. The number of amides is 1. The van der Waals surface area contributed by atoms with Crippen molar-refractivity contribution in [2.45, 2.75) is 12.5 Å². The van der Waals surface area contributed by atoms with E-state index in [9.17, 15) is 4.79 Å². The first-order chi connectivity index (χ1) is 6.72. The normalized spacial score (nSPS) is 11.3. The number of hydrogen-bond donors (Lipinski definition) is 3. The second-order valence-corrected chi connectivity index (χ2v) is 3.07. The second kappa shape index (κ2) is 7.09. The van der Waals surface area contributed by atoms with E-state index in [1.807, 2.05) is 30.3 Å². The van der Waals surface area contributed by atoms with Crippen LogP contribution >= 0.6 is 12.4 Å². The minimum atomic E-state index is -1.03. The predicted molar refractivity (Wildman–Crippen MR) is 61.4 cm³/mol. The van der Waals surface area contributed by atoms with Gasteiger partial charge in [-0.1, -0.05) is 30.3 Å². The van der Waals surface area contributed by atoms with Gasteiger partial charge in [-0.2, -0.15) is 0 Å². The van der Waals surface area contributed by atoms with Crippen LogP contribution in [0.4, 0.5) is 4.79 Å². The number of carboxylic acid groups (broad SMARTS) is 1. The van der Waals surface area contributed by atoms with Crippen LogP contribution in [0.1, 0.15) is 5.56 Å². The Kier molecular flexibility index (Phi) is 6.49. The van der Waals surface area contributed by atoms with E-state index in [1.165, 1.54) is 0 Å². The average Bonchev–Trinajstić information content (AvgIpc) is 2.17. The third-order valence-electron chi connectivity index (χ3n) is 1.94. The van der Waals surface area contributed by atoms with E-state index in [0.717, 1.165) is 5.56 Å². The Labute approximate surface area is 94.9 Å². The lowest BCUT2D eigenvalue weighted by Gasteiger charge is -2.14. The minimum Gasteiger partial charge on any atom is -0.465 e. The van der Waals surface area contributed by atoms with E-state index < -0.39 is 6.09 Å². The molecule has 4 N–H and O–H groups in total. The maximum absolute atomic E-state index is 10.4. The van der Waals surface area contributed by atoms with E-state index in [2.05, 4.69) is 5.32 Å². The second-order valence-electron chi connectivity index (χ2n) is 3.07. The summed E-state index contributed by atoms with van der Waals surface area (Å²) in [4.78, 5) is 10.4. The van der Waals surface area contributed by atoms with Gasteiger partial charge in [-0.25, -0.2) is 4.79 Å². The topological polar surface area (TPSA) is 75.3 Å². The van der Waals surface area contributed by atoms with Crippen molar-refractivity contribution in [3.05, 3.63) is 35.9 Å². The van der Waals surface area contributed by atoms with Crippen LogP contribution < -0.4 is 11.1 Å². The summed E-state index contributed by atoms with van der Waals surface area (Å²) < 4.78 is 0. The summed E-state index contributed by atoms with van der Waals surface area (Å²) in [7, 11) is 0. The molecule has 0 saturated heterocycles. The molecule has 0 aliphatic heterocycles. The van der Waals surface area contributed by atoms with Gasteiger partial charge in [0.05, 0.1) is 0 Å². The first-order valence-corrected chi connectivity index (χ1v) is 4.46. The Morgan fingerprint density at radius 2 is 2.00 bits per heavy atom. The molecule has 4 nitrogen and oxygen atoms in total. The highest BCUT2D eigenvalue weighted by molar-refractivity contribution is 5.85. The van der Waals surface area contributed by atoms with Crippen LogP contribution in [0.3, 0.4) is 0 Å². The third kappa shape index (κ3) is 5.24. The highest BCUT2D eigenvalue weighted by Gasteiger charge is 2.09. The van der Waals surface area contributed by atoms with Gasteiger partial charge in [0.2, 0.25) is 0 Å². The van der Waals surface area contributed by atoms with Gasteiger partial charge in [0, 0.05) is 12.6 Å². The summed E-state index contributed by atoms with van der Waals surface area (Å²) >= 11 is 0. The highest BCUT2D eigenvalue weighted by atomic mass is 35.5. The maximum Gasteiger partial charge on any atom is 0.404 e. The smallest absolute Gasteiger partial charge is 0.404 e. The average molecular weight is 231 g/mol. The van der Waals surface area contributed by atoms with Gasteiger partial charge < -0.3 is 16.2 Å². The lowest BCUT2D eigenvalue weighted by atomic mass is 10.1. The Morgan fingerprint density at radius 1 is 1.40 bits per heavy atom.